The molecule has 0 radical (unpaired) electrons. The molecule has 0 unspecified atom stereocenters. The summed E-state index contributed by atoms with van der Waals surface area (Å²) in [4.78, 5) is 10.7. The Hall–Kier alpha value is -1.32. The van der Waals surface area contributed by atoms with E-state index in [0.29, 0.717) is 17.7 Å². The Balaban J connectivity index is 2.99. The minimum absolute atomic E-state index is 0.576. The molecule has 0 amide bonds. The molecule has 0 aliphatic rings. The van der Waals surface area contributed by atoms with Crippen molar-refractivity contribution in [2.45, 2.75) is 34.6 Å². The highest BCUT2D eigenvalue weighted by Crippen LogP contribution is 2.21. The highest BCUT2D eigenvalue weighted by molar-refractivity contribution is 5.55. The van der Waals surface area contributed by atoms with Crippen molar-refractivity contribution in [3.63, 3.8) is 0 Å². The molecule has 0 aliphatic heterocycles. The third-order valence-electron chi connectivity index (χ3n) is 2.57. The van der Waals surface area contributed by atoms with Crippen molar-refractivity contribution in [3.8, 4) is 0 Å². The Morgan fingerprint density at radius 2 is 1.65 bits per heavy atom. The van der Waals surface area contributed by atoms with E-state index >= 15 is 0 Å². The summed E-state index contributed by atoms with van der Waals surface area (Å²) in [5, 5.41) is 0. The lowest BCUT2D eigenvalue weighted by Crippen LogP contribution is -2.32. The van der Waals surface area contributed by atoms with E-state index in [9.17, 15) is 0 Å². The van der Waals surface area contributed by atoms with Crippen LogP contribution in [-0.4, -0.2) is 23.1 Å². The molecule has 1 aromatic rings. The normalized spacial score (nSPS) is 11.2. The predicted molar refractivity (Wildman–Crippen MR) is 73.1 cm³/mol. The first-order valence-electron chi connectivity index (χ1n) is 6.23. The summed E-state index contributed by atoms with van der Waals surface area (Å²) in [7, 11) is 0. The molecule has 4 heteroatoms. The van der Waals surface area contributed by atoms with Crippen molar-refractivity contribution in [1.29, 1.82) is 0 Å². The summed E-state index contributed by atoms with van der Waals surface area (Å²) in [5.41, 5.74) is 6.82. The maximum absolute atomic E-state index is 5.84. The van der Waals surface area contributed by atoms with Crippen LogP contribution in [0.25, 0.3) is 0 Å². The van der Waals surface area contributed by atoms with Gasteiger partial charge in [0.25, 0.3) is 0 Å². The van der Waals surface area contributed by atoms with Crippen LogP contribution in [0.1, 0.15) is 33.3 Å². The summed E-state index contributed by atoms with van der Waals surface area (Å²) in [6, 6.07) is 0. The van der Waals surface area contributed by atoms with Crippen LogP contribution in [0.5, 0.6) is 0 Å². The van der Waals surface area contributed by atoms with E-state index in [1.165, 1.54) is 0 Å². The highest BCUT2D eigenvalue weighted by atomic mass is 15.2. The average Bonchev–Trinajstić information content (AvgIpc) is 2.19. The second-order valence-corrected chi connectivity index (χ2v) is 5.40. The third kappa shape index (κ3) is 3.88. The van der Waals surface area contributed by atoms with E-state index in [0.717, 1.165) is 24.5 Å². The number of aromatic nitrogens is 2. The standard InChI is InChI=1S/C13H24N4/c1-9(2)6-17(7-10(3)4)13-11(5)12(14)15-8-16-13/h8-10H,6-7H2,1-5H3,(H2,14,15,16). The number of rotatable bonds is 5. The highest BCUT2D eigenvalue weighted by Gasteiger charge is 2.15. The topological polar surface area (TPSA) is 55.0 Å². The Morgan fingerprint density at radius 1 is 1.12 bits per heavy atom. The molecule has 17 heavy (non-hydrogen) atoms. The molecule has 2 N–H and O–H groups in total. The molecule has 0 bridgehead atoms. The molecular formula is C13H24N4. The largest absolute Gasteiger partial charge is 0.383 e. The predicted octanol–water partition coefficient (Wildman–Crippen LogP) is 2.49. The van der Waals surface area contributed by atoms with E-state index in [4.69, 9.17) is 5.73 Å². The van der Waals surface area contributed by atoms with Gasteiger partial charge in [-0.2, -0.15) is 0 Å². The molecule has 0 aromatic carbocycles. The van der Waals surface area contributed by atoms with Gasteiger partial charge in [-0.1, -0.05) is 27.7 Å². The van der Waals surface area contributed by atoms with Crippen LogP contribution in [0, 0.1) is 18.8 Å². The van der Waals surface area contributed by atoms with Gasteiger partial charge in [0.15, 0.2) is 0 Å². The lowest BCUT2D eigenvalue weighted by atomic mass is 10.1. The maximum atomic E-state index is 5.84. The number of anilines is 2. The summed E-state index contributed by atoms with van der Waals surface area (Å²) >= 11 is 0. The fourth-order valence-corrected chi connectivity index (χ4v) is 1.90. The summed E-state index contributed by atoms with van der Waals surface area (Å²) in [5.74, 6) is 2.75. The summed E-state index contributed by atoms with van der Waals surface area (Å²) in [6.07, 6.45) is 1.55. The van der Waals surface area contributed by atoms with Crippen LogP contribution < -0.4 is 10.6 Å². The van der Waals surface area contributed by atoms with E-state index < -0.39 is 0 Å². The first-order chi connectivity index (χ1) is 7.91. The molecule has 1 aromatic heterocycles. The van der Waals surface area contributed by atoms with Gasteiger partial charge in [0.2, 0.25) is 0 Å². The molecule has 1 rings (SSSR count). The first kappa shape index (κ1) is 13.7. The molecule has 0 atom stereocenters. The van der Waals surface area contributed by atoms with Crippen molar-refractivity contribution >= 4 is 11.6 Å². The van der Waals surface area contributed by atoms with Gasteiger partial charge in [0.05, 0.1) is 0 Å². The van der Waals surface area contributed by atoms with Crippen LogP contribution in [0.4, 0.5) is 11.6 Å². The van der Waals surface area contributed by atoms with Gasteiger partial charge in [-0.25, -0.2) is 9.97 Å². The van der Waals surface area contributed by atoms with Crippen LogP contribution >= 0.6 is 0 Å². The van der Waals surface area contributed by atoms with Crippen LogP contribution in [-0.2, 0) is 0 Å². The van der Waals surface area contributed by atoms with Crippen molar-refractivity contribution in [2.24, 2.45) is 11.8 Å². The van der Waals surface area contributed by atoms with Gasteiger partial charge in [0.1, 0.15) is 18.0 Å². The van der Waals surface area contributed by atoms with Crippen molar-refractivity contribution < 1.29 is 0 Å². The molecule has 0 fully saturated rings. The van der Waals surface area contributed by atoms with Crippen molar-refractivity contribution in [3.05, 3.63) is 11.9 Å². The van der Waals surface area contributed by atoms with Crippen LogP contribution in [0.2, 0.25) is 0 Å². The second kappa shape index (κ2) is 5.84. The van der Waals surface area contributed by atoms with E-state index in [1.54, 1.807) is 6.33 Å². The minimum atomic E-state index is 0.576. The molecular weight excluding hydrogens is 212 g/mol. The fourth-order valence-electron chi connectivity index (χ4n) is 1.90. The Kier molecular flexibility index (Phi) is 4.73. The number of hydrogen-bond donors (Lipinski definition) is 1. The molecule has 1 heterocycles. The molecule has 96 valence electrons. The number of nitrogen functional groups attached to an aromatic ring is 1. The van der Waals surface area contributed by atoms with Gasteiger partial charge in [-0.15, -0.1) is 0 Å². The number of hydrogen-bond acceptors (Lipinski definition) is 4. The lowest BCUT2D eigenvalue weighted by molar-refractivity contribution is 0.547. The van der Waals surface area contributed by atoms with Crippen molar-refractivity contribution in [2.75, 3.05) is 23.7 Å². The van der Waals surface area contributed by atoms with E-state index in [-0.39, 0.29) is 0 Å². The monoisotopic (exact) mass is 236 g/mol. The quantitative estimate of drug-likeness (QED) is 0.853. The van der Waals surface area contributed by atoms with Crippen LogP contribution in [0.15, 0.2) is 6.33 Å². The summed E-state index contributed by atoms with van der Waals surface area (Å²) in [6.45, 7) is 12.8. The molecule has 0 aliphatic carbocycles. The van der Waals surface area contributed by atoms with Crippen molar-refractivity contribution in [1.82, 2.24) is 9.97 Å². The zero-order valence-corrected chi connectivity index (χ0v) is 11.6. The number of nitrogens with two attached hydrogens (primary N) is 1. The Labute approximate surface area is 104 Å². The van der Waals surface area contributed by atoms with E-state index in [1.807, 2.05) is 6.92 Å². The Bertz CT molecular complexity index is 350. The van der Waals surface area contributed by atoms with E-state index in [2.05, 4.69) is 42.6 Å². The molecule has 4 nitrogen and oxygen atoms in total. The van der Waals surface area contributed by atoms with Gasteiger partial charge < -0.3 is 10.6 Å². The Morgan fingerprint density at radius 3 is 2.12 bits per heavy atom. The zero-order chi connectivity index (χ0) is 13.0. The van der Waals surface area contributed by atoms with Gasteiger partial charge >= 0.3 is 0 Å². The van der Waals surface area contributed by atoms with Crippen LogP contribution in [0.3, 0.4) is 0 Å². The average molecular weight is 236 g/mol. The second-order valence-electron chi connectivity index (χ2n) is 5.40. The third-order valence-corrected chi connectivity index (χ3v) is 2.57. The maximum Gasteiger partial charge on any atom is 0.137 e. The molecule has 0 saturated heterocycles. The van der Waals surface area contributed by atoms with Gasteiger partial charge in [0, 0.05) is 18.7 Å². The fraction of sp³-hybridized carbons (Fsp3) is 0.692. The SMILES string of the molecule is Cc1c(N)ncnc1N(CC(C)C)CC(C)C. The van der Waals surface area contributed by atoms with Gasteiger partial charge in [-0.3, -0.25) is 0 Å². The van der Waals surface area contributed by atoms with Gasteiger partial charge in [-0.05, 0) is 18.8 Å². The summed E-state index contributed by atoms with van der Waals surface area (Å²) < 4.78 is 0. The molecule has 0 spiro atoms. The lowest BCUT2D eigenvalue weighted by Gasteiger charge is -2.28. The molecule has 0 saturated carbocycles. The smallest absolute Gasteiger partial charge is 0.137 e. The minimum Gasteiger partial charge on any atom is -0.383 e. The number of nitrogens with zero attached hydrogens (tertiary/aromatic N) is 3. The zero-order valence-electron chi connectivity index (χ0n) is 11.6. The first-order valence-corrected chi connectivity index (χ1v) is 6.23.